The van der Waals surface area contributed by atoms with E-state index >= 15 is 0 Å². The lowest BCUT2D eigenvalue weighted by atomic mass is 10.1. The van der Waals surface area contributed by atoms with E-state index in [0.29, 0.717) is 28.4 Å². The molecular formula is C26H19N3O3S. The highest BCUT2D eigenvalue weighted by atomic mass is 32.1. The number of benzene rings is 2. The van der Waals surface area contributed by atoms with Gasteiger partial charge in [-0.25, -0.2) is 4.98 Å². The lowest BCUT2D eigenvalue weighted by molar-refractivity contribution is 0.103. The average molecular weight is 454 g/mol. The molecule has 0 amide bonds. The molecule has 0 unspecified atom stereocenters. The first kappa shape index (κ1) is 19.6. The number of ketones is 1. The molecular weight excluding hydrogens is 434 g/mol. The first-order chi connectivity index (χ1) is 16.1. The van der Waals surface area contributed by atoms with Crippen molar-refractivity contribution in [3.05, 3.63) is 89.1 Å². The number of aryl methyl sites for hydroxylation is 1. The van der Waals surface area contributed by atoms with E-state index in [9.17, 15) is 4.79 Å². The molecule has 1 aliphatic rings. The van der Waals surface area contributed by atoms with Gasteiger partial charge in [-0.3, -0.25) is 4.79 Å². The number of carbonyl (C=O) groups is 1. The number of fused-ring (bicyclic) bond motifs is 2. The quantitative estimate of drug-likeness (QED) is 0.359. The first-order valence-electron chi connectivity index (χ1n) is 10.5. The second kappa shape index (κ2) is 7.50. The van der Waals surface area contributed by atoms with Gasteiger partial charge in [0.05, 0.1) is 22.5 Å². The Balaban J connectivity index is 1.48. The second-order valence-electron chi connectivity index (χ2n) is 7.89. The van der Waals surface area contributed by atoms with Gasteiger partial charge in [0.15, 0.2) is 11.5 Å². The molecule has 0 radical (unpaired) electrons. The summed E-state index contributed by atoms with van der Waals surface area (Å²) in [5.41, 5.74) is 12.7. The summed E-state index contributed by atoms with van der Waals surface area (Å²) in [5.74, 6) is 1.00. The Hall–Kier alpha value is -4.10. The molecule has 0 aliphatic carbocycles. The monoisotopic (exact) mass is 453 g/mol. The van der Waals surface area contributed by atoms with Gasteiger partial charge in [-0.15, -0.1) is 11.3 Å². The molecule has 0 fully saturated rings. The van der Waals surface area contributed by atoms with Crippen LogP contribution in [0.4, 0.5) is 5.69 Å². The summed E-state index contributed by atoms with van der Waals surface area (Å²) in [6.45, 7) is 2.21. The largest absolute Gasteiger partial charge is 0.454 e. The molecule has 1 aliphatic heterocycles. The van der Waals surface area contributed by atoms with Crippen LogP contribution >= 0.6 is 11.3 Å². The number of hydrogen-bond acceptors (Lipinski definition) is 6. The van der Waals surface area contributed by atoms with Gasteiger partial charge in [-0.2, -0.15) is 0 Å². The topological polar surface area (TPSA) is 78.9 Å². The van der Waals surface area contributed by atoms with Crippen molar-refractivity contribution in [2.24, 2.45) is 0 Å². The van der Waals surface area contributed by atoms with E-state index in [4.69, 9.17) is 20.2 Å². The molecule has 6 rings (SSSR count). The Morgan fingerprint density at radius 2 is 1.88 bits per heavy atom. The number of rotatable bonds is 4. The van der Waals surface area contributed by atoms with Crippen molar-refractivity contribution in [1.82, 2.24) is 9.38 Å². The number of anilines is 1. The van der Waals surface area contributed by atoms with E-state index in [1.807, 2.05) is 34.2 Å². The van der Waals surface area contributed by atoms with E-state index in [-0.39, 0.29) is 12.6 Å². The SMILES string of the molecule is Cc1ccc(-c2csc(-c3c(N)c(C(=O)c4ccc5c(c4)OCO5)n4ccccc34)n2)cc1. The summed E-state index contributed by atoms with van der Waals surface area (Å²) in [7, 11) is 0. The number of hydrogen-bond donors (Lipinski definition) is 1. The zero-order chi connectivity index (χ0) is 22.5. The molecule has 2 N–H and O–H groups in total. The van der Waals surface area contributed by atoms with Crippen LogP contribution < -0.4 is 15.2 Å². The molecule has 33 heavy (non-hydrogen) atoms. The third-order valence-electron chi connectivity index (χ3n) is 5.80. The van der Waals surface area contributed by atoms with Gasteiger partial charge in [0.1, 0.15) is 10.7 Å². The molecule has 0 saturated heterocycles. The van der Waals surface area contributed by atoms with Crippen LogP contribution in [0.15, 0.2) is 72.2 Å². The fourth-order valence-corrected chi connectivity index (χ4v) is 5.00. The molecule has 4 heterocycles. The minimum absolute atomic E-state index is 0.153. The number of nitrogens with zero attached hydrogens (tertiary/aromatic N) is 2. The fourth-order valence-electron chi connectivity index (χ4n) is 4.10. The molecule has 0 atom stereocenters. The number of pyridine rings is 1. The standard InChI is InChI=1S/C26H19N3O3S/c1-15-5-7-16(8-6-15)18-13-33-26(28-18)22-19-4-2-3-11-29(19)24(23(22)27)25(30)17-9-10-20-21(12-17)32-14-31-20/h2-13H,14,27H2,1H3. The van der Waals surface area contributed by atoms with Crippen LogP contribution in [0.2, 0.25) is 0 Å². The van der Waals surface area contributed by atoms with E-state index in [2.05, 4.69) is 31.2 Å². The van der Waals surface area contributed by atoms with Crippen LogP contribution in [0.25, 0.3) is 27.3 Å². The Morgan fingerprint density at radius 3 is 2.73 bits per heavy atom. The highest BCUT2D eigenvalue weighted by Crippen LogP contribution is 2.40. The van der Waals surface area contributed by atoms with Crippen molar-refractivity contribution >= 4 is 28.3 Å². The number of ether oxygens (including phenoxy) is 2. The molecule has 0 saturated carbocycles. The van der Waals surface area contributed by atoms with Gasteiger partial charge in [0.25, 0.3) is 0 Å². The number of thiazole rings is 1. The van der Waals surface area contributed by atoms with Crippen molar-refractivity contribution in [3.63, 3.8) is 0 Å². The number of nitrogens with two attached hydrogens (primary N) is 1. The van der Waals surface area contributed by atoms with Crippen molar-refractivity contribution in [2.75, 3.05) is 12.5 Å². The van der Waals surface area contributed by atoms with Crippen LogP contribution in [0.5, 0.6) is 11.5 Å². The van der Waals surface area contributed by atoms with E-state index in [1.165, 1.54) is 16.9 Å². The number of carbonyl (C=O) groups excluding carboxylic acids is 1. The first-order valence-corrected chi connectivity index (χ1v) is 11.3. The van der Waals surface area contributed by atoms with Gasteiger partial charge in [0, 0.05) is 22.7 Å². The molecule has 3 aromatic heterocycles. The minimum atomic E-state index is -0.187. The lowest BCUT2D eigenvalue weighted by Gasteiger charge is -2.05. The van der Waals surface area contributed by atoms with Crippen molar-refractivity contribution in [1.29, 1.82) is 0 Å². The maximum absolute atomic E-state index is 13.6. The predicted octanol–water partition coefficient (Wildman–Crippen LogP) is 5.58. The summed E-state index contributed by atoms with van der Waals surface area (Å²) < 4.78 is 12.7. The summed E-state index contributed by atoms with van der Waals surface area (Å²) in [4.78, 5) is 18.4. The average Bonchev–Trinajstić information content (AvgIpc) is 3.55. The van der Waals surface area contributed by atoms with Gasteiger partial charge < -0.3 is 19.6 Å². The van der Waals surface area contributed by atoms with Gasteiger partial charge >= 0.3 is 0 Å². The predicted molar refractivity (Wildman–Crippen MR) is 129 cm³/mol. The zero-order valence-corrected chi connectivity index (χ0v) is 18.6. The van der Waals surface area contributed by atoms with E-state index in [0.717, 1.165) is 27.3 Å². The fraction of sp³-hybridized carbons (Fsp3) is 0.0769. The Labute approximate surface area is 193 Å². The molecule has 5 aromatic rings. The maximum Gasteiger partial charge on any atom is 0.231 e. The second-order valence-corrected chi connectivity index (χ2v) is 8.75. The van der Waals surface area contributed by atoms with E-state index < -0.39 is 0 Å². The highest BCUT2D eigenvalue weighted by Gasteiger charge is 2.26. The Morgan fingerprint density at radius 1 is 1.06 bits per heavy atom. The third kappa shape index (κ3) is 3.16. The summed E-state index contributed by atoms with van der Waals surface area (Å²) in [5, 5.41) is 2.79. The van der Waals surface area contributed by atoms with Gasteiger partial charge in [-0.1, -0.05) is 35.9 Å². The zero-order valence-electron chi connectivity index (χ0n) is 17.7. The highest BCUT2D eigenvalue weighted by molar-refractivity contribution is 7.13. The normalized spacial score (nSPS) is 12.4. The van der Waals surface area contributed by atoms with Crippen molar-refractivity contribution in [3.8, 4) is 33.3 Å². The maximum atomic E-state index is 13.6. The third-order valence-corrected chi connectivity index (χ3v) is 6.66. The minimum Gasteiger partial charge on any atom is -0.454 e. The van der Waals surface area contributed by atoms with Crippen molar-refractivity contribution < 1.29 is 14.3 Å². The smallest absolute Gasteiger partial charge is 0.231 e. The molecule has 162 valence electrons. The molecule has 0 bridgehead atoms. The number of aromatic nitrogens is 2. The summed E-state index contributed by atoms with van der Waals surface area (Å²) in [6.07, 6.45) is 1.85. The lowest BCUT2D eigenvalue weighted by Crippen LogP contribution is -2.08. The van der Waals surface area contributed by atoms with Gasteiger partial charge in [-0.05, 0) is 37.3 Å². The van der Waals surface area contributed by atoms with Crippen molar-refractivity contribution in [2.45, 2.75) is 6.92 Å². The Kier molecular flexibility index (Phi) is 4.45. The molecule has 2 aromatic carbocycles. The number of nitrogen functional groups attached to an aromatic ring is 1. The summed E-state index contributed by atoms with van der Waals surface area (Å²) >= 11 is 1.52. The van der Waals surface area contributed by atoms with E-state index in [1.54, 1.807) is 18.2 Å². The van der Waals surface area contributed by atoms with Crippen LogP contribution in [-0.2, 0) is 0 Å². The van der Waals surface area contributed by atoms with Crippen LogP contribution in [0, 0.1) is 6.92 Å². The van der Waals surface area contributed by atoms with Crippen LogP contribution in [-0.4, -0.2) is 22.0 Å². The molecule has 6 nitrogen and oxygen atoms in total. The van der Waals surface area contributed by atoms with Crippen LogP contribution in [0.1, 0.15) is 21.6 Å². The van der Waals surface area contributed by atoms with Gasteiger partial charge in [0.2, 0.25) is 12.6 Å². The molecule has 0 spiro atoms. The van der Waals surface area contributed by atoms with Crippen LogP contribution in [0.3, 0.4) is 0 Å². The summed E-state index contributed by atoms with van der Waals surface area (Å²) in [6, 6.07) is 19.2. The Bertz CT molecular complexity index is 1530. The molecule has 7 heteroatoms.